The average Bonchev–Trinajstić information content (AvgIpc) is 2.39. The largest absolute Gasteiger partial charge is 0.377 e. The number of nitrogens with one attached hydrogen (secondary N) is 1. The van der Waals surface area contributed by atoms with Crippen molar-refractivity contribution in [2.45, 2.75) is 52.1 Å². The van der Waals surface area contributed by atoms with Crippen molar-refractivity contribution in [3.05, 3.63) is 0 Å². The number of halogens is 1. The number of piperidine rings is 1. The fourth-order valence-electron chi connectivity index (χ4n) is 3.41. The highest BCUT2D eigenvalue weighted by Gasteiger charge is 2.31. The van der Waals surface area contributed by atoms with E-state index in [1.807, 2.05) is 4.90 Å². The molecule has 20 heavy (non-hydrogen) atoms. The summed E-state index contributed by atoms with van der Waals surface area (Å²) in [6.07, 6.45) is 3.18. The van der Waals surface area contributed by atoms with Crippen molar-refractivity contribution >= 4 is 18.3 Å². The quantitative estimate of drug-likeness (QED) is 0.868. The molecule has 1 amide bonds. The first-order chi connectivity index (χ1) is 9.09. The van der Waals surface area contributed by atoms with Crippen LogP contribution in [0.4, 0.5) is 0 Å². The van der Waals surface area contributed by atoms with Gasteiger partial charge in [-0.2, -0.15) is 0 Å². The van der Waals surface area contributed by atoms with E-state index in [0.29, 0.717) is 37.4 Å². The smallest absolute Gasteiger partial charge is 0.223 e. The van der Waals surface area contributed by atoms with Crippen LogP contribution in [0.1, 0.15) is 40.0 Å². The first-order valence-electron chi connectivity index (χ1n) is 7.69. The van der Waals surface area contributed by atoms with Crippen molar-refractivity contribution in [1.82, 2.24) is 10.2 Å². The van der Waals surface area contributed by atoms with E-state index in [4.69, 9.17) is 4.74 Å². The van der Waals surface area contributed by atoms with Crippen LogP contribution >= 0.6 is 12.4 Å². The van der Waals surface area contributed by atoms with Gasteiger partial charge in [0, 0.05) is 6.42 Å². The maximum absolute atomic E-state index is 12.5. The molecule has 4 nitrogen and oxygen atoms in total. The topological polar surface area (TPSA) is 41.6 Å². The summed E-state index contributed by atoms with van der Waals surface area (Å²) in [6.45, 7) is 9.95. The van der Waals surface area contributed by atoms with E-state index in [1.54, 1.807) is 0 Å². The van der Waals surface area contributed by atoms with Gasteiger partial charge < -0.3 is 15.0 Å². The lowest BCUT2D eigenvalue weighted by molar-refractivity contribution is -0.145. The molecule has 0 aromatic rings. The van der Waals surface area contributed by atoms with Gasteiger partial charge in [-0.15, -0.1) is 12.4 Å². The molecule has 0 aromatic heterocycles. The normalized spacial score (nSPS) is 32.4. The molecular weight excluding hydrogens is 276 g/mol. The Balaban J connectivity index is 0.00000200. The molecule has 2 heterocycles. The van der Waals surface area contributed by atoms with Gasteiger partial charge in [0.2, 0.25) is 5.91 Å². The number of carbonyl (C=O) groups is 1. The molecular formula is C15H29ClN2O2. The summed E-state index contributed by atoms with van der Waals surface area (Å²) in [4.78, 5) is 14.6. The molecule has 0 spiro atoms. The number of ether oxygens (including phenoxy) is 1. The van der Waals surface area contributed by atoms with Crippen molar-refractivity contribution < 1.29 is 9.53 Å². The molecule has 118 valence electrons. The summed E-state index contributed by atoms with van der Waals surface area (Å²) < 4.78 is 5.49. The van der Waals surface area contributed by atoms with E-state index < -0.39 is 0 Å². The number of nitrogens with zero attached hydrogens (tertiary/aromatic N) is 1. The standard InChI is InChI=1S/C15H28N2O2.ClH/c1-11(14-5-4-6-16-8-14)7-15(18)17-12(2)9-19-10-13(17)3;/h11-14,16H,4-10H2,1-3H3;1H. The van der Waals surface area contributed by atoms with E-state index in [9.17, 15) is 4.79 Å². The van der Waals surface area contributed by atoms with Crippen molar-refractivity contribution in [2.24, 2.45) is 11.8 Å². The molecule has 2 fully saturated rings. The molecule has 4 unspecified atom stereocenters. The van der Waals surface area contributed by atoms with Gasteiger partial charge in [-0.05, 0) is 51.6 Å². The predicted octanol–water partition coefficient (Wildman–Crippen LogP) is 2.07. The molecule has 2 saturated heterocycles. The Kier molecular flexibility index (Phi) is 7.27. The zero-order chi connectivity index (χ0) is 13.8. The number of carbonyl (C=O) groups excluding carboxylic acids is 1. The molecule has 4 atom stereocenters. The zero-order valence-corrected chi connectivity index (χ0v) is 13.7. The monoisotopic (exact) mass is 304 g/mol. The van der Waals surface area contributed by atoms with Crippen LogP contribution in [0.3, 0.4) is 0 Å². The fourth-order valence-corrected chi connectivity index (χ4v) is 3.41. The minimum Gasteiger partial charge on any atom is -0.377 e. The van der Waals surface area contributed by atoms with Crippen LogP contribution in [0.25, 0.3) is 0 Å². The van der Waals surface area contributed by atoms with Crippen molar-refractivity contribution in [3.8, 4) is 0 Å². The third kappa shape index (κ3) is 4.34. The molecule has 0 radical (unpaired) electrons. The lowest BCUT2D eigenvalue weighted by Gasteiger charge is -2.40. The van der Waals surface area contributed by atoms with Gasteiger partial charge in [-0.1, -0.05) is 6.92 Å². The Hall–Kier alpha value is -0.320. The minimum atomic E-state index is 0. The second-order valence-electron chi connectivity index (χ2n) is 6.32. The second kappa shape index (κ2) is 8.20. The lowest BCUT2D eigenvalue weighted by atomic mass is 9.85. The van der Waals surface area contributed by atoms with Crippen LogP contribution in [0.15, 0.2) is 0 Å². The van der Waals surface area contributed by atoms with Gasteiger partial charge in [-0.3, -0.25) is 4.79 Å². The SMILES string of the molecule is CC(CC(=O)N1C(C)COCC1C)C1CCCNC1.Cl. The van der Waals surface area contributed by atoms with Gasteiger partial charge >= 0.3 is 0 Å². The van der Waals surface area contributed by atoms with Crippen LogP contribution in [-0.2, 0) is 9.53 Å². The van der Waals surface area contributed by atoms with E-state index in [1.165, 1.54) is 12.8 Å². The summed E-state index contributed by atoms with van der Waals surface area (Å²) in [5.74, 6) is 1.44. The molecule has 1 N–H and O–H groups in total. The molecule has 5 heteroatoms. The Morgan fingerprint density at radius 2 is 2.00 bits per heavy atom. The van der Waals surface area contributed by atoms with E-state index in [0.717, 1.165) is 13.1 Å². The summed E-state index contributed by atoms with van der Waals surface area (Å²) in [6, 6.07) is 0.431. The molecule has 2 aliphatic heterocycles. The molecule has 0 aromatic carbocycles. The highest BCUT2D eigenvalue weighted by Crippen LogP contribution is 2.25. The zero-order valence-electron chi connectivity index (χ0n) is 12.9. The van der Waals surface area contributed by atoms with Gasteiger partial charge in [0.1, 0.15) is 0 Å². The molecule has 0 aliphatic carbocycles. The minimum absolute atomic E-state index is 0. The third-order valence-electron chi connectivity index (χ3n) is 4.59. The van der Waals surface area contributed by atoms with Gasteiger partial charge in [0.25, 0.3) is 0 Å². The summed E-state index contributed by atoms with van der Waals surface area (Å²) in [7, 11) is 0. The highest BCUT2D eigenvalue weighted by molar-refractivity contribution is 5.85. The van der Waals surface area contributed by atoms with E-state index >= 15 is 0 Å². The van der Waals surface area contributed by atoms with Crippen LogP contribution in [0.5, 0.6) is 0 Å². The van der Waals surface area contributed by atoms with Crippen LogP contribution < -0.4 is 5.32 Å². The van der Waals surface area contributed by atoms with Gasteiger partial charge in [-0.25, -0.2) is 0 Å². The predicted molar refractivity (Wildman–Crippen MR) is 83.2 cm³/mol. The van der Waals surface area contributed by atoms with Crippen molar-refractivity contribution in [1.29, 1.82) is 0 Å². The highest BCUT2D eigenvalue weighted by atomic mass is 35.5. The second-order valence-corrected chi connectivity index (χ2v) is 6.32. The van der Waals surface area contributed by atoms with E-state index in [-0.39, 0.29) is 24.5 Å². The Bertz CT molecular complexity index is 298. The van der Waals surface area contributed by atoms with Crippen molar-refractivity contribution in [2.75, 3.05) is 26.3 Å². The third-order valence-corrected chi connectivity index (χ3v) is 4.59. The van der Waals surface area contributed by atoms with Crippen LogP contribution in [0.2, 0.25) is 0 Å². The maximum Gasteiger partial charge on any atom is 0.223 e. The summed E-state index contributed by atoms with van der Waals surface area (Å²) in [5.41, 5.74) is 0. The Morgan fingerprint density at radius 3 is 2.55 bits per heavy atom. The number of rotatable bonds is 3. The Labute approximate surface area is 129 Å². The Morgan fingerprint density at radius 1 is 1.35 bits per heavy atom. The fraction of sp³-hybridized carbons (Fsp3) is 0.933. The molecule has 0 saturated carbocycles. The van der Waals surface area contributed by atoms with Gasteiger partial charge in [0.05, 0.1) is 25.3 Å². The number of hydrogen-bond donors (Lipinski definition) is 1. The van der Waals surface area contributed by atoms with Crippen molar-refractivity contribution in [3.63, 3.8) is 0 Å². The maximum atomic E-state index is 12.5. The van der Waals surface area contributed by atoms with Gasteiger partial charge in [0.15, 0.2) is 0 Å². The summed E-state index contributed by atoms with van der Waals surface area (Å²) >= 11 is 0. The number of amides is 1. The molecule has 2 aliphatic rings. The van der Waals surface area contributed by atoms with E-state index in [2.05, 4.69) is 26.1 Å². The van der Waals surface area contributed by atoms with Crippen LogP contribution in [-0.4, -0.2) is 49.2 Å². The number of morpholine rings is 1. The van der Waals surface area contributed by atoms with Crippen LogP contribution in [0, 0.1) is 11.8 Å². The molecule has 0 bridgehead atoms. The average molecular weight is 305 g/mol. The first kappa shape index (κ1) is 17.7. The molecule has 2 rings (SSSR count). The first-order valence-corrected chi connectivity index (χ1v) is 7.69. The number of hydrogen-bond acceptors (Lipinski definition) is 3. The lowest BCUT2D eigenvalue weighted by Crippen LogP contribution is -2.53. The summed E-state index contributed by atoms with van der Waals surface area (Å²) in [5, 5.41) is 3.44.